The zero-order chi connectivity index (χ0) is 14.1. The molecule has 108 valence electrons. The van der Waals surface area contributed by atoms with E-state index >= 15 is 0 Å². The normalized spacial score (nSPS) is 18.1. The average molecular weight is 274 g/mol. The number of nitrogens with zero attached hydrogens (tertiary/aromatic N) is 1. The molecule has 0 unspecified atom stereocenters. The van der Waals surface area contributed by atoms with Crippen LogP contribution in [0.1, 0.15) is 41.7 Å². The maximum absolute atomic E-state index is 12.3. The number of rotatable bonds is 6. The summed E-state index contributed by atoms with van der Waals surface area (Å²) in [4.78, 5) is 16.5. The molecule has 0 atom stereocenters. The standard InChI is InChI=1S/C15H22N4O/c1-9-6-14(19-16)13(8-17-9)15(20)18-7-12(10-2-3-10)11-4-5-11/h6,8,10-12H,2-5,7,16H2,1H3,(H,17,19)(H,18,20). The van der Waals surface area contributed by atoms with Crippen LogP contribution in [0.15, 0.2) is 12.3 Å². The summed E-state index contributed by atoms with van der Waals surface area (Å²) in [6.07, 6.45) is 6.91. The molecule has 2 saturated carbocycles. The van der Waals surface area contributed by atoms with Crippen LogP contribution < -0.4 is 16.6 Å². The third-order valence-corrected chi connectivity index (χ3v) is 4.39. The van der Waals surface area contributed by atoms with E-state index in [1.807, 2.05) is 6.92 Å². The van der Waals surface area contributed by atoms with Crippen molar-refractivity contribution in [3.8, 4) is 0 Å². The number of hydrogen-bond acceptors (Lipinski definition) is 4. The first-order chi connectivity index (χ1) is 9.69. The molecule has 4 N–H and O–H groups in total. The molecular weight excluding hydrogens is 252 g/mol. The smallest absolute Gasteiger partial charge is 0.255 e. The molecule has 0 bridgehead atoms. The Morgan fingerprint density at radius 2 is 2.05 bits per heavy atom. The quantitative estimate of drug-likeness (QED) is 0.546. The van der Waals surface area contributed by atoms with Gasteiger partial charge in [-0.3, -0.25) is 15.6 Å². The SMILES string of the molecule is Cc1cc(NN)c(C(=O)NCC(C2CC2)C2CC2)cn1. The number of aromatic nitrogens is 1. The van der Waals surface area contributed by atoms with Crippen molar-refractivity contribution in [1.29, 1.82) is 0 Å². The lowest BCUT2D eigenvalue weighted by Crippen LogP contribution is -2.32. The molecule has 3 rings (SSSR count). The number of carbonyl (C=O) groups excluding carboxylic acids is 1. The molecule has 5 heteroatoms. The second-order valence-corrected chi connectivity index (χ2v) is 6.06. The maximum Gasteiger partial charge on any atom is 0.255 e. The number of carbonyl (C=O) groups is 1. The van der Waals surface area contributed by atoms with Crippen molar-refractivity contribution in [2.24, 2.45) is 23.6 Å². The summed E-state index contributed by atoms with van der Waals surface area (Å²) in [6, 6.07) is 1.79. The van der Waals surface area contributed by atoms with Gasteiger partial charge in [-0.2, -0.15) is 0 Å². The van der Waals surface area contributed by atoms with Crippen LogP contribution in [-0.4, -0.2) is 17.4 Å². The highest BCUT2D eigenvalue weighted by Gasteiger charge is 2.41. The zero-order valence-corrected chi connectivity index (χ0v) is 11.9. The van der Waals surface area contributed by atoms with Crippen molar-refractivity contribution >= 4 is 11.6 Å². The van der Waals surface area contributed by atoms with Crippen LogP contribution in [0, 0.1) is 24.7 Å². The monoisotopic (exact) mass is 274 g/mol. The van der Waals surface area contributed by atoms with Gasteiger partial charge in [-0.05, 0) is 56.4 Å². The van der Waals surface area contributed by atoms with Gasteiger partial charge in [0.1, 0.15) is 0 Å². The minimum absolute atomic E-state index is 0.0863. The lowest BCUT2D eigenvalue weighted by molar-refractivity contribution is 0.0944. The lowest BCUT2D eigenvalue weighted by atomic mass is 9.98. The van der Waals surface area contributed by atoms with Crippen LogP contribution >= 0.6 is 0 Å². The van der Waals surface area contributed by atoms with Crippen LogP contribution in [0.25, 0.3) is 0 Å². The molecule has 0 aromatic carbocycles. The summed E-state index contributed by atoms with van der Waals surface area (Å²) >= 11 is 0. The van der Waals surface area contributed by atoms with Crippen LogP contribution in [0.5, 0.6) is 0 Å². The summed E-state index contributed by atoms with van der Waals surface area (Å²) in [5, 5.41) is 3.06. The van der Waals surface area contributed by atoms with Crippen molar-refractivity contribution in [1.82, 2.24) is 10.3 Å². The molecule has 0 saturated heterocycles. The summed E-state index contributed by atoms with van der Waals surface area (Å²) in [5.41, 5.74) is 4.56. The molecule has 2 aliphatic rings. The maximum atomic E-state index is 12.3. The van der Waals surface area contributed by atoms with Crippen LogP contribution in [0.4, 0.5) is 5.69 Å². The molecule has 1 heterocycles. The number of nitrogens with one attached hydrogen (secondary N) is 2. The van der Waals surface area contributed by atoms with Gasteiger partial charge in [0.05, 0.1) is 11.3 Å². The number of amides is 1. The summed E-state index contributed by atoms with van der Waals surface area (Å²) in [5.74, 6) is 7.74. The summed E-state index contributed by atoms with van der Waals surface area (Å²) < 4.78 is 0. The Morgan fingerprint density at radius 3 is 2.60 bits per heavy atom. The van der Waals surface area contributed by atoms with Gasteiger partial charge in [0.25, 0.3) is 5.91 Å². The van der Waals surface area contributed by atoms with E-state index in [0.717, 1.165) is 24.1 Å². The molecule has 5 nitrogen and oxygen atoms in total. The largest absolute Gasteiger partial charge is 0.352 e. The molecule has 0 spiro atoms. The third-order valence-electron chi connectivity index (χ3n) is 4.39. The highest BCUT2D eigenvalue weighted by atomic mass is 16.1. The second-order valence-electron chi connectivity index (χ2n) is 6.06. The fourth-order valence-corrected chi connectivity index (χ4v) is 2.93. The van der Waals surface area contributed by atoms with Gasteiger partial charge >= 0.3 is 0 Å². The first-order valence-electron chi connectivity index (χ1n) is 7.40. The predicted octanol–water partition coefficient (Wildman–Crippen LogP) is 1.84. The number of anilines is 1. The van der Waals surface area contributed by atoms with Crippen LogP contribution in [0.3, 0.4) is 0 Å². The Morgan fingerprint density at radius 1 is 1.40 bits per heavy atom. The highest BCUT2D eigenvalue weighted by molar-refractivity contribution is 5.99. The molecule has 1 amide bonds. The Hall–Kier alpha value is -1.62. The van der Waals surface area contributed by atoms with E-state index in [9.17, 15) is 4.79 Å². The van der Waals surface area contributed by atoms with Gasteiger partial charge in [0.15, 0.2) is 0 Å². The van der Waals surface area contributed by atoms with Gasteiger partial charge in [-0.1, -0.05) is 0 Å². The molecule has 1 aromatic rings. The fourth-order valence-electron chi connectivity index (χ4n) is 2.93. The van der Waals surface area contributed by atoms with Gasteiger partial charge in [0.2, 0.25) is 0 Å². The van der Waals surface area contributed by atoms with Gasteiger partial charge in [-0.15, -0.1) is 0 Å². The van der Waals surface area contributed by atoms with E-state index < -0.39 is 0 Å². The van der Waals surface area contributed by atoms with E-state index in [4.69, 9.17) is 5.84 Å². The molecule has 0 aliphatic heterocycles. The van der Waals surface area contributed by atoms with Crippen molar-refractivity contribution in [3.63, 3.8) is 0 Å². The summed E-state index contributed by atoms with van der Waals surface area (Å²) in [7, 11) is 0. The highest BCUT2D eigenvalue weighted by Crippen LogP contribution is 2.48. The van der Waals surface area contributed by atoms with Crippen molar-refractivity contribution < 1.29 is 4.79 Å². The van der Waals surface area contributed by atoms with Crippen LogP contribution in [0.2, 0.25) is 0 Å². The Balaban J connectivity index is 1.63. The van der Waals surface area contributed by atoms with Gasteiger partial charge < -0.3 is 10.7 Å². The number of hydrogen-bond donors (Lipinski definition) is 3. The number of aryl methyl sites for hydroxylation is 1. The zero-order valence-electron chi connectivity index (χ0n) is 11.9. The van der Waals surface area contributed by atoms with Crippen molar-refractivity contribution in [3.05, 3.63) is 23.5 Å². The minimum Gasteiger partial charge on any atom is -0.352 e. The minimum atomic E-state index is -0.0863. The van der Waals surface area contributed by atoms with E-state index in [-0.39, 0.29) is 5.91 Å². The molecule has 0 radical (unpaired) electrons. The number of nitrogen functional groups attached to an aromatic ring is 1. The molecular formula is C15H22N4O. The molecule has 2 aliphatic carbocycles. The number of nitrogens with two attached hydrogens (primary N) is 1. The summed E-state index contributed by atoms with van der Waals surface area (Å²) in [6.45, 7) is 2.66. The Labute approximate surface area is 119 Å². The van der Waals surface area contributed by atoms with E-state index in [2.05, 4.69) is 15.7 Å². The van der Waals surface area contributed by atoms with E-state index in [0.29, 0.717) is 17.2 Å². The van der Waals surface area contributed by atoms with E-state index in [1.54, 1.807) is 12.3 Å². The average Bonchev–Trinajstić information content (AvgIpc) is 3.31. The van der Waals surface area contributed by atoms with E-state index in [1.165, 1.54) is 25.7 Å². The first kappa shape index (κ1) is 13.4. The number of hydrazine groups is 1. The fraction of sp³-hybridized carbons (Fsp3) is 0.600. The Bertz CT molecular complexity index is 497. The predicted molar refractivity (Wildman–Crippen MR) is 78.1 cm³/mol. The van der Waals surface area contributed by atoms with Crippen molar-refractivity contribution in [2.75, 3.05) is 12.0 Å². The molecule has 20 heavy (non-hydrogen) atoms. The first-order valence-corrected chi connectivity index (χ1v) is 7.40. The molecule has 2 fully saturated rings. The molecule has 1 aromatic heterocycles. The van der Waals surface area contributed by atoms with Crippen LogP contribution in [-0.2, 0) is 0 Å². The number of pyridine rings is 1. The van der Waals surface area contributed by atoms with Gasteiger partial charge in [-0.25, -0.2) is 0 Å². The second kappa shape index (κ2) is 5.40. The third kappa shape index (κ3) is 2.93. The van der Waals surface area contributed by atoms with Crippen molar-refractivity contribution in [2.45, 2.75) is 32.6 Å². The Kier molecular flexibility index (Phi) is 3.61. The van der Waals surface area contributed by atoms with Gasteiger partial charge in [0, 0.05) is 18.4 Å². The lowest BCUT2D eigenvalue weighted by Gasteiger charge is -2.17. The topological polar surface area (TPSA) is 80.0 Å².